The molecule has 0 unspecified atom stereocenters. The highest BCUT2D eigenvalue weighted by atomic mass is 32.2. The van der Waals surface area contributed by atoms with Crippen LogP contribution in [0.15, 0.2) is 65.6 Å². The molecule has 0 aliphatic rings. The lowest BCUT2D eigenvalue weighted by atomic mass is 10.1. The molecule has 0 radical (unpaired) electrons. The number of benzene rings is 3. The maximum atomic E-state index is 13.7. The molecule has 5 nitrogen and oxygen atoms in total. The van der Waals surface area contributed by atoms with Crippen LogP contribution in [0.4, 0.5) is 5.69 Å². The molecule has 3 aromatic carbocycles. The first-order chi connectivity index (χ1) is 16.6. The highest BCUT2D eigenvalue weighted by Gasteiger charge is 2.25. The highest BCUT2D eigenvalue weighted by Crippen LogP contribution is 2.40. The van der Waals surface area contributed by atoms with Crippen LogP contribution in [0.3, 0.4) is 0 Å². The molecule has 0 saturated carbocycles. The summed E-state index contributed by atoms with van der Waals surface area (Å²) in [5, 5.41) is 11.0. The summed E-state index contributed by atoms with van der Waals surface area (Å²) >= 11 is 1.57. The van der Waals surface area contributed by atoms with Gasteiger partial charge in [-0.1, -0.05) is 37.3 Å². The smallest absolute Gasteiger partial charge is 0.183 e. The Bertz CT molecular complexity index is 1450. The molecule has 1 heterocycles. The molecule has 0 fully saturated rings. The van der Waals surface area contributed by atoms with Gasteiger partial charge in [-0.25, -0.2) is 13.4 Å². The van der Waals surface area contributed by atoms with E-state index >= 15 is 0 Å². The number of rotatable bonds is 7. The second-order valence-corrected chi connectivity index (χ2v) is 12.0. The van der Waals surface area contributed by atoms with Gasteiger partial charge in [-0.3, -0.25) is 0 Å². The summed E-state index contributed by atoms with van der Waals surface area (Å²) in [4.78, 5) is 8.17. The van der Waals surface area contributed by atoms with Gasteiger partial charge in [0.1, 0.15) is 10.8 Å². The van der Waals surface area contributed by atoms with Gasteiger partial charge < -0.3 is 10.0 Å². The van der Waals surface area contributed by atoms with Crippen molar-refractivity contribution in [3.63, 3.8) is 0 Å². The monoisotopic (exact) mass is 506 g/mol. The van der Waals surface area contributed by atoms with Crippen molar-refractivity contribution in [3.05, 3.63) is 82.2 Å². The summed E-state index contributed by atoms with van der Waals surface area (Å²) in [7, 11) is 0.156. The van der Waals surface area contributed by atoms with Crippen molar-refractivity contribution in [1.82, 2.24) is 4.98 Å². The molecule has 0 bridgehead atoms. The van der Waals surface area contributed by atoms with E-state index in [1.54, 1.807) is 17.4 Å². The van der Waals surface area contributed by atoms with Crippen molar-refractivity contribution >= 4 is 26.9 Å². The lowest BCUT2D eigenvalue weighted by Gasteiger charge is -2.17. The molecule has 0 aliphatic carbocycles. The number of thiazole rings is 1. The van der Waals surface area contributed by atoms with Crippen molar-refractivity contribution in [2.24, 2.45) is 0 Å². The summed E-state index contributed by atoms with van der Waals surface area (Å²) in [5.41, 5.74) is 5.39. The number of aromatic nitrogens is 1. The number of nitrogens with zero attached hydrogens (tertiary/aromatic N) is 2. The zero-order chi connectivity index (χ0) is 25.3. The minimum absolute atomic E-state index is 0.0769. The van der Waals surface area contributed by atoms with Crippen LogP contribution in [0, 0.1) is 13.8 Å². The second kappa shape index (κ2) is 9.84. The summed E-state index contributed by atoms with van der Waals surface area (Å²) in [6.45, 7) is 5.80. The molecule has 1 aromatic heterocycles. The van der Waals surface area contributed by atoms with Gasteiger partial charge in [0.05, 0.1) is 16.3 Å². The molecule has 0 amide bonds. The van der Waals surface area contributed by atoms with Crippen molar-refractivity contribution in [1.29, 1.82) is 0 Å². The average Bonchev–Trinajstić information content (AvgIpc) is 3.26. The molecular weight excluding hydrogens is 476 g/mol. The van der Waals surface area contributed by atoms with E-state index in [1.807, 2.05) is 87.4 Å². The fourth-order valence-corrected chi connectivity index (χ4v) is 6.71. The molecule has 0 aliphatic heterocycles. The lowest BCUT2D eigenvalue weighted by Crippen LogP contribution is -2.12. The minimum Gasteiger partial charge on any atom is -0.507 e. The van der Waals surface area contributed by atoms with Crippen LogP contribution in [0.2, 0.25) is 0 Å². The molecule has 4 aromatic rings. The van der Waals surface area contributed by atoms with Gasteiger partial charge in [0.15, 0.2) is 9.84 Å². The largest absolute Gasteiger partial charge is 0.507 e. The molecule has 0 saturated heterocycles. The van der Waals surface area contributed by atoms with Crippen LogP contribution in [0.1, 0.15) is 28.5 Å². The van der Waals surface area contributed by atoms with Crippen LogP contribution >= 0.6 is 11.3 Å². The third-order valence-electron chi connectivity index (χ3n) is 6.03. The van der Waals surface area contributed by atoms with E-state index in [9.17, 15) is 13.5 Å². The van der Waals surface area contributed by atoms with E-state index < -0.39 is 9.84 Å². The summed E-state index contributed by atoms with van der Waals surface area (Å²) in [6, 6.07) is 18.7. The number of aryl methyl sites for hydroxylation is 3. The van der Waals surface area contributed by atoms with Crippen molar-refractivity contribution < 1.29 is 13.5 Å². The van der Waals surface area contributed by atoms with Crippen molar-refractivity contribution in [2.45, 2.75) is 37.8 Å². The summed E-state index contributed by atoms with van der Waals surface area (Å²) in [5.74, 6) is 0.210. The van der Waals surface area contributed by atoms with E-state index in [1.165, 1.54) is 0 Å². The molecule has 0 spiro atoms. The molecule has 182 valence electrons. The zero-order valence-corrected chi connectivity index (χ0v) is 22.3. The Balaban J connectivity index is 1.89. The summed E-state index contributed by atoms with van der Waals surface area (Å²) < 4.78 is 27.4. The number of hydrogen-bond acceptors (Lipinski definition) is 6. The predicted octanol–water partition coefficient (Wildman–Crippen LogP) is 6.40. The first-order valence-corrected chi connectivity index (χ1v) is 14.0. The Morgan fingerprint density at radius 3 is 2.23 bits per heavy atom. The third kappa shape index (κ3) is 5.11. The topological polar surface area (TPSA) is 70.5 Å². The number of hydrogen-bond donors (Lipinski definition) is 1. The van der Waals surface area contributed by atoms with Crippen LogP contribution in [-0.4, -0.2) is 32.6 Å². The Labute approximate surface area is 211 Å². The quantitative estimate of drug-likeness (QED) is 0.314. The Kier molecular flexibility index (Phi) is 7.01. The van der Waals surface area contributed by atoms with E-state index in [0.29, 0.717) is 11.3 Å². The standard InChI is InChI=1S/C28H30N2O3S2/c1-6-24-26(29-28(34-24)21-14-18(2)27(31)19(3)15-21)23-13-12-22(30(4)5)16-25(23)35(32,33)17-20-10-8-7-9-11-20/h7-16,31H,6,17H2,1-5H3. The molecule has 0 atom stereocenters. The Morgan fingerprint density at radius 1 is 0.971 bits per heavy atom. The normalized spacial score (nSPS) is 11.6. The van der Waals surface area contributed by atoms with Crippen LogP contribution in [0.25, 0.3) is 21.8 Å². The van der Waals surface area contributed by atoms with E-state index in [0.717, 1.165) is 44.2 Å². The number of phenols is 1. The number of phenolic OH excluding ortho intramolecular Hbond substituents is 1. The van der Waals surface area contributed by atoms with Gasteiger partial charge in [-0.15, -0.1) is 11.3 Å². The first-order valence-electron chi connectivity index (χ1n) is 11.5. The van der Waals surface area contributed by atoms with E-state index in [-0.39, 0.29) is 16.4 Å². The van der Waals surface area contributed by atoms with Gasteiger partial charge >= 0.3 is 0 Å². The van der Waals surface area contributed by atoms with Crippen LogP contribution in [-0.2, 0) is 22.0 Å². The fraction of sp³-hybridized carbons (Fsp3) is 0.250. The maximum absolute atomic E-state index is 13.7. The van der Waals surface area contributed by atoms with Crippen LogP contribution < -0.4 is 4.90 Å². The van der Waals surface area contributed by atoms with Crippen molar-refractivity contribution in [2.75, 3.05) is 19.0 Å². The van der Waals surface area contributed by atoms with Gasteiger partial charge in [-0.2, -0.15) is 0 Å². The lowest BCUT2D eigenvalue weighted by molar-refractivity contribution is 0.467. The third-order valence-corrected chi connectivity index (χ3v) is 9.00. The van der Waals surface area contributed by atoms with E-state index in [2.05, 4.69) is 6.92 Å². The van der Waals surface area contributed by atoms with Gasteiger partial charge in [0.2, 0.25) is 0 Å². The SMILES string of the molecule is CCc1sc(-c2cc(C)c(O)c(C)c2)nc1-c1ccc(N(C)C)cc1S(=O)(=O)Cc1ccccc1. The number of aromatic hydroxyl groups is 1. The van der Waals surface area contributed by atoms with Gasteiger partial charge in [0.25, 0.3) is 0 Å². The molecule has 7 heteroatoms. The number of anilines is 1. The van der Waals surface area contributed by atoms with Crippen LogP contribution in [0.5, 0.6) is 5.75 Å². The van der Waals surface area contributed by atoms with Crippen molar-refractivity contribution in [3.8, 4) is 27.6 Å². The fourth-order valence-electron chi connectivity index (χ4n) is 4.12. The van der Waals surface area contributed by atoms with Gasteiger partial charge in [-0.05, 0) is 67.3 Å². The predicted molar refractivity (Wildman–Crippen MR) is 145 cm³/mol. The highest BCUT2D eigenvalue weighted by molar-refractivity contribution is 7.90. The first kappa shape index (κ1) is 24.9. The average molecular weight is 507 g/mol. The Morgan fingerprint density at radius 2 is 1.63 bits per heavy atom. The van der Waals surface area contributed by atoms with Gasteiger partial charge in [0, 0.05) is 35.8 Å². The van der Waals surface area contributed by atoms with E-state index in [4.69, 9.17) is 4.98 Å². The second-order valence-electron chi connectivity index (χ2n) is 8.92. The molecule has 4 rings (SSSR count). The minimum atomic E-state index is -3.64. The number of sulfone groups is 1. The maximum Gasteiger partial charge on any atom is 0.183 e. The molecule has 35 heavy (non-hydrogen) atoms. The summed E-state index contributed by atoms with van der Waals surface area (Å²) in [6.07, 6.45) is 0.733. The Hall–Kier alpha value is -3.16. The molecular formula is C28H30N2O3S2. The molecule has 1 N–H and O–H groups in total. The zero-order valence-electron chi connectivity index (χ0n) is 20.7.